The lowest BCUT2D eigenvalue weighted by atomic mass is 10.1. The van der Waals surface area contributed by atoms with E-state index >= 15 is 0 Å². The highest BCUT2D eigenvalue weighted by Gasteiger charge is 2.28. The zero-order chi connectivity index (χ0) is 23.0. The van der Waals surface area contributed by atoms with Gasteiger partial charge < -0.3 is 15.0 Å². The molecule has 31 heavy (non-hydrogen) atoms. The van der Waals surface area contributed by atoms with E-state index < -0.39 is 6.04 Å². The number of hydrogen-bond donors (Lipinski definition) is 1. The maximum Gasteiger partial charge on any atom is 0.242 e. The van der Waals surface area contributed by atoms with Crippen molar-refractivity contribution >= 4 is 23.4 Å². The number of carbonyl (C=O) groups excluding carboxylic acids is 2. The van der Waals surface area contributed by atoms with Gasteiger partial charge in [-0.25, -0.2) is 0 Å². The zero-order valence-electron chi connectivity index (χ0n) is 19.1. The predicted octanol–water partition coefficient (Wildman–Crippen LogP) is 5.14. The van der Waals surface area contributed by atoms with Crippen LogP contribution in [0.4, 0.5) is 0 Å². The molecule has 2 aromatic rings. The first-order chi connectivity index (χ1) is 14.6. The lowest BCUT2D eigenvalue weighted by molar-refractivity contribution is -0.141. The molecule has 2 aromatic carbocycles. The number of hydrogen-bond acceptors (Lipinski definition) is 3. The summed E-state index contributed by atoms with van der Waals surface area (Å²) in [4.78, 5) is 27.4. The molecule has 0 aliphatic carbocycles. The fraction of sp³-hybridized carbons (Fsp3) is 0.440. The van der Waals surface area contributed by atoms with Crippen LogP contribution in [0.5, 0.6) is 5.75 Å². The fourth-order valence-corrected chi connectivity index (χ4v) is 3.25. The topological polar surface area (TPSA) is 58.6 Å². The predicted molar refractivity (Wildman–Crippen MR) is 125 cm³/mol. The largest absolute Gasteiger partial charge is 0.494 e. The van der Waals surface area contributed by atoms with Gasteiger partial charge in [-0.3, -0.25) is 9.59 Å². The molecule has 0 unspecified atom stereocenters. The molecule has 2 amide bonds. The van der Waals surface area contributed by atoms with Crippen LogP contribution in [0.2, 0.25) is 5.02 Å². The van der Waals surface area contributed by atoms with E-state index in [9.17, 15) is 9.59 Å². The maximum absolute atomic E-state index is 13.1. The first kappa shape index (κ1) is 24.7. The number of rotatable bonds is 9. The first-order valence-electron chi connectivity index (χ1n) is 10.6. The van der Waals surface area contributed by atoms with Crippen LogP contribution in [0.25, 0.3) is 0 Å². The molecular formula is C25H33ClN2O3. The molecule has 0 aliphatic heterocycles. The Morgan fingerprint density at radius 3 is 2.35 bits per heavy atom. The van der Waals surface area contributed by atoms with Crippen LogP contribution in [0.3, 0.4) is 0 Å². The second kappa shape index (κ2) is 11.2. The minimum atomic E-state index is -0.624. The molecule has 0 radical (unpaired) electrons. The molecule has 1 atom stereocenters. The van der Waals surface area contributed by atoms with Crippen molar-refractivity contribution in [3.63, 3.8) is 0 Å². The van der Waals surface area contributed by atoms with Crippen molar-refractivity contribution in [2.75, 3.05) is 6.61 Å². The Bertz CT molecular complexity index is 875. The van der Waals surface area contributed by atoms with Gasteiger partial charge in [0.1, 0.15) is 11.8 Å². The molecule has 0 aromatic heterocycles. The van der Waals surface area contributed by atoms with Gasteiger partial charge in [-0.1, -0.05) is 47.5 Å². The summed E-state index contributed by atoms with van der Waals surface area (Å²) < 4.78 is 5.73. The first-order valence-corrected chi connectivity index (χ1v) is 11.0. The highest BCUT2D eigenvalue weighted by Crippen LogP contribution is 2.20. The molecule has 0 fully saturated rings. The Morgan fingerprint density at radius 2 is 1.74 bits per heavy atom. The van der Waals surface area contributed by atoms with E-state index in [1.807, 2.05) is 70.2 Å². The van der Waals surface area contributed by atoms with Gasteiger partial charge in [0, 0.05) is 23.5 Å². The van der Waals surface area contributed by atoms with Crippen molar-refractivity contribution in [3.05, 3.63) is 64.7 Å². The van der Waals surface area contributed by atoms with Gasteiger partial charge in [-0.15, -0.1) is 0 Å². The Hall–Kier alpha value is -2.53. The van der Waals surface area contributed by atoms with Crippen LogP contribution in [0, 0.1) is 6.92 Å². The molecular weight excluding hydrogens is 412 g/mol. The normalized spacial score (nSPS) is 12.2. The summed E-state index contributed by atoms with van der Waals surface area (Å²) in [5.74, 6) is 0.483. The number of aryl methyl sites for hydroxylation is 1. The Kier molecular flexibility index (Phi) is 8.93. The third kappa shape index (κ3) is 8.25. The summed E-state index contributed by atoms with van der Waals surface area (Å²) in [6.07, 6.45) is 0.836. The number of halogens is 1. The summed E-state index contributed by atoms with van der Waals surface area (Å²) in [7, 11) is 0. The van der Waals surface area contributed by atoms with Crippen molar-refractivity contribution < 1.29 is 14.3 Å². The van der Waals surface area contributed by atoms with Crippen molar-refractivity contribution in [2.45, 2.75) is 65.6 Å². The number of nitrogens with one attached hydrogen (secondary N) is 1. The molecule has 6 heteroatoms. The maximum atomic E-state index is 13.1. The van der Waals surface area contributed by atoms with Crippen LogP contribution in [-0.2, 0) is 16.1 Å². The molecule has 168 valence electrons. The Morgan fingerprint density at radius 1 is 1.10 bits per heavy atom. The van der Waals surface area contributed by atoms with Gasteiger partial charge in [0.05, 0.1) is 6.61 Å². The number of ether oxygens (including phenoxy) is 1. The van der Waals surface area contributed by atoms with E-state index in [1.165, 1.54) is 5.56 Å². The standard InChI is InChI=1S/C25H33ClN2O3/c1-18-12-14-21(15-13-18)31-16-8-11-23(29)28(17-20-9-6-7-10-22(20)26)19(2)24(30)27-25(3,4)5/h6-7,9-10,12-15,19H,8,11,16-17H2,1-5H3,(H,27,30)/t19-/m1/s1. The van der Waals surface area contributed by atoms with E-state index in [0.717, 1.165) is 11.3 Å². The average molecular weight is 445 g/mol. The minimum absolute atomic E-state index is 0.107. The van der Waals surface area contributed by atoms with Gasteiger partial charge in [0.2, 0.25) is 11.8 Å². The molecule has 5 nitrogen and oxygen atoms in total. The van der Waals surface area contributed by atoms with Gasteiger partial charge in [0.15, 0.2) is 0 Å². The number of benzene rings is 2. The lowest BCUT2D eigenvalue weighted by Crippen LogP contribution is -2.52. The molecule has 0 aliphatic rings. The second-order valence-corrected chi connectivity index (χ2v) is 9.20. The average Bonchev–Trinajstić information content (AvgIpc) is 2.70. The van der Waals surface area contributed by atoms with Crippen LogP contribution in [-0.4, -0.2) is 34.9 Å². The van der Waals surface area contributed by atoms with Gasteiger partial charge >= 0.3 is 0 Å². The van der Waals surface area contributed by atoms with Gasteiger partial charge in [0.25, 0.3) is 0 Å². The quantitative estimate of drug-likeness (QED) is 0.545. The molecule has 0 saturated heterocycles. The van der Waals surface area contributed by atoms with E-state index in [4.69, 9.17) is 16.3 Å². The molecule has 0 bridgehead atoms. The Labute approximate surface area is 190 Å². The highest BCUT2D eigenvalue weighted by atomic mass is 35.5. The minimum Gasteiger partial charge on any atom is -0.494 e. The smallest absolute Gasteiger partial charge is 0.242 e. The third-order valence-electron chi connectivity index (χ3n) is 4.79. The van der Waals surface area contributed by atoms with Crippen LogP contribution >= 0.6 is 11.6 Å². The Balaban J connectivity index is 2.03. The number of nitrogens with zero attached hydrogens (tertiary/aromatic N) is 1. The van der Waals surface area contributed by atoms with E-state index in [1.54, 1.807) is 17.9 Å². The van der Waals surface area contributed by atoms with Crippen molar-refractivity contribution in [3.8, 4) is 5.75 Å². The summed E-state index contributed by atoms with van der Waals surface area (Å²) in [6, 6.07) is 14.6. The fourth-order valence-electron chi connectivity index (χ4n) is 3.06. The molecule has 0 saturated carbocycles. The van der Waals surface area contributed by atoms with Crippen LogP contribution < -0.4 is 10.1 Å². The summed E-state index contributed by atoms with van der Waals surface area (Å²) >= 11 is 6.31. The van der Waals surface area contributed by atoms with Crippen molar-refractivity contribution in [2.24, 2.45) is 0 Å². The number of carbonyl (C=O) groups is 2. The summed E-state index contributed by atoms with van der Waals surface area (Å²) in [5.41, 5.74) is 1.59. The zero-order valence-corrected chi connectivity index (χ0v) is 19.8. The lowest BCUT2D eigenvalue weighted by Gasteiger charge is -2.31. The third-order valence-corrected chi connectivity index (χ3v) is 5.16. The van der Waals surface area contributed by atoms with E-state index in [2.05, 4.69) is 5.32 Å². The molecule has 0 heterocycles. The van der Waals surface area contributed by atoms with Crippen molar-refractivity contribution in [1.82, 2.24) is 10.2 Å². The van der Waals surface area contributed by atoms with E-state index in [-0.39, 0.29) is 30.3 Å². The van der Waals surface area contributed by atoms with E-state index in [0.29, 0.717) is 18.1 Å². The number of amides is 2. The van der Waals surface area contributed by atoms with Crippen molar-refractivity contribution in [1.29, 1.82) is 0 Å². The molecule has 1 N–H and O–H groups in total. The van der Waals surface area contributed by atoms with Crippen LogP contribution in [0.15, 0.2) is 48.5 Å². The second-order valence-electron chi connectivity index (χ2n) is 8.79. The van der Waals surface area contributed by atoms with Gasteiger partial charge in [-0.2, -0.15) is 0 Å². The molecule has 0 spiro atoms. The van der Waals surface area contributed by atoms with Crippen LogP contribution in [0.1, 0.15) is 51.7 Å². The highest BCUT2D eigenvalue weighted by molar-refractivity contribution is 6.31. The SMILES string of the molecule is Cc1ccc(OCCCC(=O)N(Cc2ccccc2Cl)[C@H](C)C(=O)NC(C)(C)C)cc1. The summed E-state index contributed by atoms with van der Waals surface area (Å²) in [6.45, 7) is 10.2. The monoisotopic (exact) mass is 444 g/mol. The summed E-state index contributed by atoms with van der Waals surface area (Å²) in [5, 5.41) is 3.53. The van der Waals surface area contributed by atoms with Gasteiger partial charge in [-0.05, 0) is 64.8 Å². The molecule has 2 rings (SSSR count).